The molecular formula is C17H19F2N3O2. The largest absolute Gasteiger partial charge is 0.391 e. The lowest BCUT2D eigenvalue weighted by atomic mass is 10.0. The number of nitrogens with one attached hydrogen (secondary N) is 1. The smallest absolute Gasteiger partial charge is 0.274 e. The molecular weight excluding hydrogens is 316 g/mol. The molecule has 3 rings (SSSR count). The van der Waals surface area contributed by atoms with Crippen molar-refractivity contribution >= 4 is 5.91 Å². The fraction of sp³-hybridized carbons (Fsp3) is 0.412. The van der Waals surface area contributed by atoms with E-state index in [2.05, 4.69) is 10.2 Å². The maximum atomic E-state index is 13.5. The molecule has 1 aromatic carbocycles. The third-order valence-corrected chi connectivity index (χ3v) is 4.31. The van der Waals surface area contributed by atoms with Crippen molar-refractivity contribution in [3.8, 4) is 0 Å². The first-order valence-corrected chi connectivity index (χ1v) is 7.86. The van der Waals surface area contributed by atoms with Crippen LogP contribution in [0.3, 0.4) is 0 Å². The van der Waals surface area contributed by atoms with Gasteiger partial charge in [-0.2, -0.15) is 5.10 Å². The van der Waals surface area contributed by atoms with Crippen molar-refractivity contribution < 1.29 is 18.7 Å². The van der Waals surface area contributed by atoms with Crippen LogP contribution in [-0.2, 0) is 0 Å². The molecule has 0 saturated carbocycles. The van der Waals surface area contributed by atoms with Crippen molar-refractivity contribution in [2.24, 2.45) is 0 Å². The number of hydrogen-bond donors (Lipinski definition) is 2. The number of carbonyl (C=O) groups excluding carboxylic acids is 1. The van der Waals surface area contributed by atoms with Gasteiger partial charge in [-0.15, -0.1) is 0 Å². The number of likely N-dealkylation sites (tertiary alicyclic amines) is 1. The summed E-state index contributed by atoms with van der Waals surface area (Å²) >= 11 is 0. The molecule has 5 nitrogen and oxygen atoms in total. The SMILES string of the molecule is CC(C)c1cc(C(=O)N2C[C@@H](O)C[C@@H]2c2ccc(F)c(F)c2)n[nH]1. The predicted molar refractivity (Wildman–Crippen MR) is 83.4 cm³/mol. The summed E-state index contributed by atoms with van der Waals surface area (Å²) in [6.07, 6.45) is -0.436. The summed E-state index contributed by atoms with van der Waals surface area (Å²) in [6, 6.07) is 4.71. The van der Waals surface area contributed by atoms with Gasteiger partial charge in [0.2, 0.25) is 0 Å². The highest BCUT2D eigenvalue weighted by molar-refractivity contribution is 5.93. The molecule has 0 bridgehead atoms. The number of amides is 1. The lowest BCUT2D eigenvalue weighted by Gasteiger charge is -2.24. The van der Waals surface area contributed by atoms with E-state index in [1.807, 2.05) is 13.8 Å². The number of aliphatic hydroxyl groups excluding tert-OH is 1. The van der Waals surface area contributed by atoms with Crippen molar-refractivity contribution in [3.05, 3.63) is 52.9 Å². The van der Waals surface area contributed by atoms with Gasteiger partial charge in [-0.05, 0) is 36.1 Å². The van der Waals surface area contributed by atoms with Crippen LogP contribution >= 0.6 is 0 Å². The summed E-state index contributed by atoms with van der Waals surface area (Å²) in [4.78, 5) is 14.2. The molecule has 2 heterocycles. The number of carbonyl (C=O) groups is 1. The van der Waals surface area contributed by atoms with Gasteiger partial charge in [-0.3, -0.25) is 9.89 Å². The van der Waals surface area contributed by atoms with E-state index in [1.165, 1.54) is 11.0 Å². The number of aromatic nitrogens is 2. The highest BCUT2D eigenvalue weighted by Gasteiger charge is 2.37. The van der Waals surface area contributed by atoms with Crippen molar-refractivity contribution in [2.75, 3.05) is 6.54 Å². The summed E-state index contributed by atoms with van der Waals surface area (Å²) in [5.74, 6) is -2.05. The fourth-order valence-corrected chi connectivity index (χ4v) is 2.96. The minimum atomic E-state index is -0.969. The fourth-order valence-electron chi connectivity index (χ4n) is 2.96. The second-order valence-electron chi connectivity index (χ2n) is 6.40. The zero-order valence-electron chi connectivity index (χ0n) is 13.5. The molecule has 0 aliphatic carbocycles. The van der Waals surface area contributed by atoms with Crippen LogP contribution < -0.4 is 0 Å². The molecule has 1 fully saturated rings. The molecule has 2 N–H and O–H groups in total. The highest BCUT2D eigenvalue weighted by Crippen LogP contribution is 2.34. The maximum Gasteiger partial charge on any atom is 0.274 e. The number of aliphatic hydroxyl groups is 1. The third kappa shape index (κ3) is 3.03. The van der Waals surface area contributed by atoms with Crippen LogP contribution in [0, 0.1) is 11.6 Å². The normalized spacial score (nSPS) is 20.8. The predicted octanol–water partition coefficient (Wildman–Crippen LogP) is 2.76. The quantitative estimate of drug-likeness (QED) is 0.906. The van der Waals surface area contributed by atoms with Gasteiger partial charge in [0.25, 0.3) is 5.91 Å². The van der Waals surface area contributed by atoms with E-state index in [1.54, 1.807) is 6.07 Å². The molecule has 0 unspecified atom stereocenters. The van der Waals surface area contributed by atoms with Gasteiger partial charge in [0.1, 0.15) is 5.69 Å². The number of rotatable bonds is 3. The Labute approximate surface area is 138 Å². The molecule has 1 saturated heterocycles. The molecule has 128 valence electrons. The third-order valence-electron chi connectivity index (χ3n) is 4.31. The first-order chi connectivity index (χ1) is 11.4. The topological polar surface area (TPSA) is 69.2 Å². The van der Waals surface area contributed by atoms with Gasteiger partial charge in [-0.25, -0.2) is 8.78 Å². The van der Waals surface area contributed by atoms with E-state index in [-0.39, 0.29) is 30.5 Å². The Morgan fingerprint density at radius 1 is 1.33 bits per heavy atom. The number of hydrogen-bond acceptors (Lipinski definition) is 3. The van der Waals surface area contributed by atoms with Crippen molar-refractivity contribution in [1.82, 2.24) is 15.1 Å². The van der Waals surface area contributed by atoms with Gasteiger partial charge >= 0.3 is 0 Å². The molecule has 1 aliphatic heterocycles. The number of benzene rings is 1. The van der Waals surface area contributed by atoms with Gasteiger partial charge in [0.15, 0.2) is 11.6 Å². The van der Waals surface area contributed by atoms with E-state index in [0.717, 1.165) is 17.8 Å². The molecule has 0 radical (unpaired) electrons. The lowest BCUT2D eigenvalue weighted by molar-refractivity contribution is 0.0709. The summed E-state index contributed by atoms with van der Waals surface area (Å²) in [5, 5.41) is 16.8. The number of H-pyrrole nitrogens is 1. The Bertz CT molecular complexity index is 760. The monoisotopic (exact) mass is 335 g/mol. The maximum absolute atomic E-state index is 13.5. The van der Waals surface area contributed by atoms with Crippen LogP contribution in [0.25, 0.3) is 0 Å². The van der Waals surface area contributed by atoms with E-state index in [9.17, 15) is 18.7 Å². The zero-order chi connectivity index (χ0) is 17.4. The number of nitrogens with zero attached hydrogens (tertiary/aromatic N) is 2. The first kappa shape index (κ1) is 16.6. The summed E-state index contributed by atoms with van der Waals surface area (Å²) in [7, 11) is 0. The Morgan fingerprint density at radius 3 is 2.71 bits per heavy atom. The van der Waals surface area contributed by atoms with E-state index < -0.39 is 23.8 Å². The number of halogens is 2. The molecule has 7 heteroatoms. The lowest BCUT2D eigenvalue weighted by Crippen LogP contribution is -2.32. The Morgan fingerprint density at radius 2 is 2.08 bits per heavy atom. The van der Waals surface area contributed by atoms with Crippen LogP contribution in [0.2, 0.25) is 0 Å². The molecule has 2 atom stereocenters. The highest BCUT2D eigenvalue weighted by atomic mass is 19.2. The minimum absolute atomic E-state index is 0.131. The minimum Gasteiger partial charge on any atom is -0.391 e. The zero-order valence-corrected chi connectivity index (χ0v) is 13.5. The average Bonchev–Trinajstić information content (AvgIpc) is 3.16. The van der Waals surface area contributed by atoms with E-state index in [4.69, 9.17) is 0 Å². The Balaban J connectivity index is 1.89. The second-order valence-corrected chi connectivity index (χ2v) is 6.40. The van der Waals surface area contributed by atoms with Crippen LogP contribution in [0.5, 0.6) is 0 Å². The van der Waals surface area contributed by atoms with Gasteiger partial charge in [0, 0.05) is 12.2 Å². The second kappa shape index (κ2) is 6.32. The van der Waals surface area contributed by atoms with Crippen LogP contribution in [0.4, 0.5) is 8.78 Å². The van der Waals surface area contributed by atoms with Crippen LogP contribution in [-0.4, -0.2) is 38.8 Å². The van der Waals surface area contributed by atoms with Gasteiger partial charge < -0.3 is 10.0 Å². The average molecular weight is 335 g/mol. The van der Waals surface area contributed by atoms with Gasteiger partial charge in [-0.1, -0.05) is 19.9 Å². The molecule has 24 heavy (non-hydrogen) atoms. The molecule has 0 spiro atoms. The summed E-state index contributed by atoms with van der Waals surface area (Å²) in [5.41, 5.74) is 1.54. The first-order valence-electron chi connectivity index (χ1n) is 7.86. The summed E-state index contributed by atoms with van der Waals surface area (Å²) < 4.78 is 26.7. The molecule has 2 aromatic rings. The van der Waals surface area contributed by atoms with Crippen molar-refractivity contribution in [1.29, 1.82) is 0 Å². The molecule has 1 amide bonds. The van der Waals surface area contributed by atoms with E-state index >= 15 is 0 Å². The van der Waals surface area contributed by atoms with Crippen LogP contribution in [0.15, 0.2) is 24.3 Å². The van der Waals surface area contributed by atoms with E-state index in [0.29, 0.717) is 5.56 Å². The van der Waals surface area contributed by atoms with Crippen LogP contribution in [0.1, 0.15) is 54.0 Å². The van der Waals surface area contributed by atoms with Crippen molar-refractivity contribution in [2.45, 2.75) is 38.3 Å². The molecule has 1 aliphatic rings. The Kier molecular flexibility index (Phi) is 4.36. The number of β-amino-alcohol motifs (C(OH)–C–C–N with tert-alkyl or cyclic N) is 1. The standard InChI is InChI=1S/C17H19F2N3O2/c1-9(2)14-7-15(21-20-14)17(24)22-8-11(23)6-16(22)10-3-4-12(18)13(19)5-10/h3-5,7,9,11,16,23H,6,8H2,1-2H3,(H,20,21)/t11-,16+/m0/s1. The number of aromatic amines is 1. The Hall–Kier alpha value is -2.28. The molecule has 1 aromatic heterocycles. The summed E-state index contributed by atoms with van der Waals surface area (Å²) in [6.45, 7) is 4.09. The van der Waals surface area contributed by atoms with Crippen molar-refractivity contribution in [3.63, 3.8) is 0 Å². The van der Waals surface area contributed by atoms with Gasteiger partial charge in [0.05, 0.1) is 12.1 Å².